The van der Waals surface area contributed by atoms with E-state index >= 15 is 0 Å². The fraction of sp³-hybridized carbons (Fsp3) is 0.188. The lowest BCUT2D eigenvalue weighted by Crippen LogP contribution is -2.27. The third-order valence-electron chi connectivity index (χ3n) is 3.28. The van der Waals surface area contributed by atoms with Crippen LogP contribution in [-0.2, 0) is 33.3 Å². The highest BCUT2D eigenvalue weighted by Crippen LogP contribution is 2.22. The topological polar surface area (TPSA) is 98.5 Å². The van der Waals surface area contributed by atoms with E-state index < -0.39 is 40.7 Å². The molecule has 12 heteroatoms. The molecular weight excluding hydrogens is 485 g/mol. The number of hydrogen-bond donors (Lipinski definition) is 2. The van der Waals surface area contributed by atoms with Gasteiger partial charge in [0, 0.05) is 10.0 Å². The van der Waals surface area contributed by atoms with E-state index in [4.69, 9.17) is 5.14 Å². The van der Waals surface area contributed by atoms with Gasteiger partial charge in [-0.05, 0) is 35.9 Å². The summed E-state index contributed by atoms with van der Waals surface area (Å²) < 4.78 is 67.8. The van der Waals surface area contributed by atoms with Crippen molar-refractivity contribution in [1.29, 1.82) is 0 Å². The first-order valence-electron chi connectivity index (χ1n) is 7.49. The molecule has 0 saturated carbocycles. The molecule has 3 N–H and O–H groups in total. The number of nitrogens with two attached hydrogens (primary N) is 1. The van der Waals surface area contributed by atoms with Crippen LogP contribution in [0.15, 0.2) is 56.7 Å². The summed E-state index contributed by atoms with van der Waals surface area (Å²) in [5.74, 6) is -0.736. The van der Waals surface area contributed by atoms with Gasteiger partial charge in [0.2, 0.25) is 0 Å². The zero-order valence-electron chi connectivity index (χ0n) is 14.0. The summed E-state index contributed by atoms with van der Waals surface area (Å²) in [6, 6.07) is 10.1. The van der Waals surface area contributed by atoms with E-state index in [-0.39, 0.29) is 22.0 Å². The maximum Gasteiger partial charge on any atom is 0.411 e. The number of rotatable bonds is 7. The molecule has 2 unspecified atom stereocenters. The number of amides is 1. The molecule has 0 aliphatic heterocycles. The summed E-state index contributed by atoms with van der Waals surface area (Å²) in [6.45, 7) is -1.80. The molecule has 2 aromatic rings. The van der Waals surface area contributed by atoms with Crippen molar-refractivity contribution in [3.63, 3.8) is 0 Å². The molecule has 0 aliphatic rings. The molecule has 0 fully saturated rings. The van der Waals surface area contributed by atoms with Gasteiger partial charge in [0.15, 0.2) is 11.0 Å². The van der Waals surface area contributed by atoms with Gasteiger partial charge in [0.05, 0.1) is 16.4 Å². The standard InChI is InChI=1S/C16H14BrF3N2O4S2/c17-12-6-5-10(7-11(12)8-26-9-16(18,19)20)15(23)22-28(25)14-4-2-1-3-13(14)27(21)24/h1-7H,8-9,21H2,(H,22,23). The van der Waals surface area contributed by atoms with Crippen molar-refractivity contribution in [3.05, 3.63) is 58.1 Å². The lowest BCUT2D eigenvalue weighted by Gasteiger charge is -2.11. The number of alkyl halides is 3. The van der Waals surface area contributed by atoms with Crippen LogP contribution < -0.4 is 9.86 Å². The largest absolute Gasteiger partial charge is 0.411 e. The summed E-state index contributed by atoms with van der Waals surface area (Å²) >= 11 is 3.17. The highest BCUT2D eigenvalue weighted by Gasteiger charge is 2.27. The van der Waals surface area contributed by atoms with Crippen molar-refractivity contribution in [2.24, 2.45) is 5.14 Å². The number of carbonyl (C=O) groups is 1. The summed E-state index contributed by atoms with van der Waals surface area (Å²) in [6.07, 6.45) is -4.46. The maximum atomic E-state index is 12.4. The Balaban J connectivity index is 2.13. The zero-order valence-corrected chi connectivity index (χ0v) is 17.2. The van der Waals surface area contributed by atoms with Gasteiger partial charge in [-0.3, -0.25) is 9.52 Å². The number of halogens is 4. The first-order chi connectivity index (χ1) is 13.1. The molecule has 0 bridgehead atoms. The van der Waals surface area contributed by atoms with Crippen molar-refractivity contribution < 1.29 is 31.1 Å². The van der Waals surface area contributed by atoms with Crippen molar-refractivity contribution in [2.45, 2.75) is 22.6 Å². The fourth-order valence-electron chi connectivity index (χ4n) is 2.07. The summed E-state index contributed by atoms with van der Waals surface area (Å²) in [7, 11) is -3.94. The number of benzene rings is 2. The summed E-state index contributed by atoms with van der Waals surface area (Å²) in [5.41, 5.74) is 0.375. The SMILES string of the molecule is NS(=O)c1ccccc1S(=O)NC(=O)c1ccc(Br)c(COCC(F)(F)F)c1. The quantitative estimate of drug-likeness (QED) is 0.612. The van der Waals surface area contributed by atoms with Crippen LogP contribution in [0, 0.1) is 0 Å². The van der Waals surface area contributed by atoms with Crippen molar-refractivity contribution in [2.75, 3.05) is 6.61 Å². The van der Waals surface area contributed by atoms with E-state index in [1.54, 1.807) is 12.1 Å². The molecular formula is C16H14BrF3N2O4S2. The van der Waals surface area contributed by atoms with Gasteiger partial charge in [-0.2, -0.15) is 13.2 Å². The monoisotopic (exact) mass is 498 g/mol. The zero-order chi connectivity index (χ0) is 20.9. The maximum absolute atomic E-state index is 12.4. The third kappa shape index (κ3) is 6.48. The molecule has 0 heterocycles. The van der Waals surface area contributed by atoms with Crippen molar-refractivity contribution >= 4 is 43.8 Å². The van der Waals surface area contributed by atoms with Crippen molar-refractivity contribution in [1.82, 2.24) is 4.72 Å². The highest BCUT2D eigenvalue weighted by atomic mass is 79.9. The Morgan fingerprint density at radius 1 is 1.14 bits per heavy atom. The minimum absolute atomic E-state index is 0.0634. The number of carbonyl (C=O) groups excluding carboxylic acids is 1. The number of ether oxygens (including phenoxy) is 1. The van der Waals surface area contributed by atoms with E-state index in [9.17, 15) is 26.4 Å². The second-order valence-corrected chi connectivity index (χ2v) is 8.43. The second-order valence-electron chi connectivity index (χ2n) is 5.36. The Morgan fingerprint density at radius 3 is 2.39 bits per heavy atom. The average Bonchev–Trinajstić information content (AvgIpc) is 2.62. The molecule has 152 valence electrons. The van der Waals surface area contributed by atoms with Crippen LogP contribution in [0.1, 0.15) is 15.9 Å². The fourth-order valence-corrected chi connectivity index (χ4v) is 4.23. The molecule has 2 atom stereocenters. The van der Waals surface area contributed by atoms with Crippen molar-refractivity contribution in [3.8, 4) is 0 Å². The summed E-state index contributed by atoms with van der Waals surface area (Å²) in [5, 5.41) is 5.33. The van der Waals surface area contributed by atoms with E-state index in [1.807, 2.05) is 0 Å². The molecule has 0 aromatic heterocycles. The molecule has 0 aliphatic carbocycles. The van der Waals surface area contributed by atoms with Crippen LogP contribution in [0.3, 0.4) is 0 Å². The van der Waals surface area contributed by atoms with E-state index in [2.05, 4.69) is 25.4 Å². The predicted molar refractivity (Wildman–Crippen MR) is 101 cm³/mol. The number of nitrogens with one attached hydrogen (secondary N) is 1. The molecule has 2 rings (SSSR count). The Labute approximate surface area is 171 Å². The molecule has 1 amide bonds. The third-order valence-corrected chi connectivity index (χ3v) is 6.10. The Morgan fingerprint density at radius 2 is 1.79 bits per heavy atom. The minimum Gasteiger partial charge on any atom is -0.367 e. The van der Waals surface area contributed by atoms with Gasteiger partial charge in [0.25, 0.3) is 5.91 Å². The lowest BCUT2D eigenvalue weighted by molar-refractivity contribution is -0.176. The van der Waals surface area contributed by atoms with Gasteiger partial charge in [-0.25, -0.2) is 13.6 Å². The Kier molecular flexibility index (Phi) is 7.89. The van der Waals surface area contributed by atoms with Crippen LogP contribution >= 0.6 is 15.9 Å². The molecule has 0 spiro atoms. The Bertz CT molecular complexity index is 925. The Hall–Kier alpha value is -1.60. The van der Waals surface area contributed by atoms with Crippen LogP contribution in [-0.4, -0.2) is 27.1 Å². The smallest absolute Gasteiger partial charge is 0.367 e. The van der Waals surface area contributed by atoms with Gasteiger partial charge in [0.1, 0.15) is 17.6 Å². The molecule has 0 saturated heterocycles. The normalized spacial score (nSPS) is 13.8. The lowest BCUT2D eigenvalue weighted by atomic mass is 10.1. The van der Waals surface area contributed by atoms with Crippen LogP contribution in [0.2, 0.25) is 0 Å². The van der Waals surface area contributed by atoms with E-state index in [1.165, 1.54) is 30.3 Å². The average molecular weight is 499 g/mol. The highest BCUT2D eigenvalue weighted by molar-refractivity contribution is 9.10. The van der Waals surface area contributed by atoms with Gasteiger partial charge < -0.3 is 4.74 Å². The first-order valence-corrected chi connectivity index (χ1v) is 10.6. The minimum atomic E-state index is -4.46. The summed E-state index contributed by atoms with van der Waals surface area (Å²) in [4.78, 5) is 12.6. The van der Waals surface area contributed by atoms with Crippen LogP contribution in [0.4, 0.5) is 13.2 Å². The first kappa shape index (κ1) is 22.7. The van der Waals surface area contributed by atoms with Crippen LogP contribution in [0.5, 0.6) is 0 Å². The second kappa shape index (κ2) is 9.74. The molecule has 0 radical (unpaired) electrons. The molecule has 6 nitrogen and oxygen atoms in total. The van der Waals surface area contributed by atoms with E-state index in [0.717, 1.165) is 0 Å². The predicted octanol–water partition coefficient (Wildman–Crippen LogP) is 2.96. The van der Waals surface area contributed by atoms with Gasteiger partial charge in [-0.1, -0.05) is 28.1 Å². The molecule has 2 aromatic carbocycles. The van der Waals surface area contributed by atoms with Gasteiger partial charge in [-0.15, -0.1) is 0 Å². The molecule has 28 heavy (non-hydrogen) atoms. The van der Waals surface area contributed by atoms with E-state index in [0.29, 0.717) is 10.0 Å². The van der Waals surface area contributed by atoms with Crippen LogP contribution in [0.25, 0.3) is 0 Å². The number of hydrogen-bond acceptors (Lipinski definition) is 4. The van der Waals surface area contributed by atoms with Gasteiger partial charge >= 0.3 is 6.18 Å².